The molecular weight excluding hydrogens is 750 g/mol. The average molecular weight is 792 g/mol. The van der Waals surface area contributed by atoms with Crippen LogP contribution in [0.3, 0.4) is 0 Å². The number of rotatable bonds is 7. The Morgan fingerprint density at radius 1 is 0.896 bits per heavy atom. The zero-order valence-electron chi connectivity index (χ0n) is 26.7. The Kier molecular flexibility index (Phi) is 10.8. The summed E-state index contributed by atoms with van der Waals surface area (Å²) in [7, 11) is 0. The summed E-state index contributed by atoms with van der Waals surface area (Å²) < 4.78 is 6.88. The molecule has 48 heavy (non-hydrogen) atoms. The number of carboxylic acids is 1. The maximum atomic E-state index is 14.0. The van der Waals surface area contributed by atoms with E-state index in [0.717, 1.165) is 30.6 Å². The number of nitrogens with one attached hydrogen (secondary N) is 1. The number of nitrogens with zero attached hydrogens (tertiary/aromatic N) is 4. The first-order chi connectivity index (χ1) is 23.1. The minimum atomic E-state index is -1.09. The number of urea groups is 1. The van der Waals surface area contributed by atoms with Crippen LogP contribution in [0.5, 0.6) is 5.75 Å². The Hall–Kier alpha value is -3.36. The van der Waals surface area contributed by atoms with Gasteiger partial charge in [0, 0.05) is 56.9 Å². The zero-order chi connectivity index (χ0) is 33.9. The van der Waals surface area contributed by atoms with E-state index in [0.29, 0.717) is 79.3 Å². The second kappa shape index (κ2) is 15.0. The van der Waals surface area contributed by atoms with E-state index in [2.05, 4.69) is 42.1 Å². The number of ether oxygens (including phenoxy) is 1. The molecule has 4 amide bonds. The Morgan fingerprint density at radius 3 is 2.23 bits per heavy atom. The largest absolute Gasteiger partial charge is 0.506 e. The second-order valence-corrected chi connectivity index (χ2v) is 14.7. The van der Waals surface area contributed by atoms with Crippen LogP contribution < -0.4 is 5.32 Å². The normalized spacial score (nSPS) is 21.8. The van der Waals surface area contributed by atoms with E-state index in [1.807, 2.05) is 29.2 Å². The number of benzene rings is 2. The lowest BCUT2D eigenvalue weighted by molar-refractivity contribution is -0.146. The zero-order valence-corrected chi connectivity index (χ0v) is 29.8. The highest BCUT2D eigenvalue weighted by Crippen LogP contribution is 2.34. The van der Waals surface area contributed by atoms with Gasteiger partial charge < -0.3 is 35.0 Å². The fourth-order valence-corrected chi connectivity index (χ4v) is 8.82. The summed E-state index contributed by atoms with van der Waals surface area (Å²) in [6.07, 6.45) is 3.16. The molecule has 0 saturated carbocycles. The highest BCUT2D eigenvalue weighted by Gasteiger charge is 2.39. The number of phenolic OH excluding ortho intramolecular Hbond substituents is 1. The van der Waals surface area contributed by atoms with Crippen molar-refractivity contribution in [3.8, 4) is 5.75 Å². The molecule has 0 spiro atoms. The monoisotopic (exact) mass is 789 g/mol. The van der Waals surface area contributed by atoms with Gasteiger partial charge in [-0.05, 0) is 113 Å². The maximum absolute atomic E-state index is 14.0. The van der Waals surface area contributed by atoms with Gasteiger partial charge in [0.15, 0.2) is 6.10 Å². The fourth-order valence-electron chi connectivity index (χ4n) is 7.54. The number of carbonyl (C=O) groups excluding carboxylic acids is 3. The predicted molar refractivity (Wildman–Crippen MR) is 185 cm³/mol. The molecule has 0 radical (unpaired) electrons. The van der Waals surface area contributed by atoms with Gasteiger partial charge >= 0.3 is 18.1 Å². The van der Waals surface area contributed by atoms with Gasteiger partial charge in [0.2, 0.25) is 0 Å². The summed E-state index contributed by atoms with van der Waals surface area (Å²) in [4.78, 5) is 59.6. The van der Waals surface area contributed by atoms with Crippen LogP contribution in [0.15, 0.2) is 45.3 Å². The number of para-hydroxylation sites is 1. The fraction of sp³-hybridized carbons (Fsp3) is 0.529. The lowest BCUT2D eigenvalue weighted by Crippen LogP contribution is -2.53. The first-order valence-electron chi connectivity index (χ1n) is 16.6. The van der Waals surface area contributed by atoms with Crippen LogP contribution in [0.2, 0.25) is 0 Å². The van der Waals surface area contributed by atoms with Gasteiger partial charge in [-0.25, -0.2) is 9.59 Å². The number of carboxylic acid groups (broad SMARTS) is 1. The van der Waals surface area contributed by atoms with Crippen molar-refractivity contribution in [2.24, 2.45) is 0 Å². The van der Waals surface area contributed by atoms with Crippen LogP contribution >= 0.6 is 31.9 Å². The van der Waals surface area contributed by atoms with Gasteiger partial charge in [-0.15, -0.1) is 0 Å². The third-order valence-corrected chi connectivity index (χ3v) is 11.4. The lowest BCUT2D eigenvalue weighted by Gasteiger charge is -2.40. The van der Waals surface area contributed by atoms with Crippen LogP contribution in [-0.2, 0) is 27.2 Å². The summed E-state index contributed by atoms with van der Waals surface area (Å²) >= 11 is 6.71. The van der Waals surface area contributed by atoms with E-state index in [1.54, 1.807) is 21.9 Å². The van der Waals surface area contributed by atoms with E-state index in [1.165, 1.54) is 0 Å². The van der Waals surface area contributed by atoms with Crippen molar-refractivity contribution in [2.75, 3.05) is 44.6 Å². The number of hydrogen-bond acceptors (Lipinski definition) is 7. The standard InChI is InChI=1S/C34H41Br2N5O7/c35-25-18-21(19-26(36)30(25)42)20-29(31(43)38-13-8-23(9-14-38)40-12-3-6-28(40)32(44)45)48-34(47)39-15-10-24(11-16-39)41-17-7-22-4-1-2-5-27(22)37-33(41)46/h1-2,4-5,18-19,23-24,28-29,42H,3,6-17,20H2,(H,37,46)(H,44,45)/t28-,29+/m0/s1. The topological polar surface area (TPSA) is 143 Å². The highest BCUT2D eigenvalue weighted by atomic mass is 79.9. The van der Waals surface area contributed by atoms with E-state index in [4.69, 9.17) is 4.74 Å². The smallest absolute Gasteiger partial charge is 0.410 e. The van der Waals surface area contributed by atoms with Crippen LogP contribution in [0.25, 0.3) is 0 Å². The van der Waals surface area contributed by atoms with Crippen LogP contribution in [-0.4, -0.2) is 117 Å². The van der Waals surface area contributed by atoms with Crippen LogP contribution in [0, 0.1) is 0 Å². The Balaban J connectivity index is 1.09. The molecule has 4 aliphatic heterocycles. The molecule has 4 aliphatic rings. The van der Waals surface area contributed by atoms with Crippen molar-refractivity contribution in [1.82, 2.24) is 19.6 Å². The number of phenols is 1. The molecule has 0 unspecified atom stereocenters. The molecule has 14 heteroatoms. The van der Waals surface area contributed by atoms with Crippen molar-refractivity contribution < 1.29 is 34.1 Å². The minimum absolute atomic E-state index is 0.0230. The van der Waals surface area contributed by atoms with Gasteiger partial charge in [0.25, 0.3) is 5.91 Å². The third-order valence-electron chi connectivity index (χ3n) is 10.1. The lowest BCUT2D eigenvalue weighted by atomic mass is 10.00. The van der Waals surface area contributed by atoms with Gasteiger partial charge in [-0.1, -0.05) is 18.2 Å². The van der Waals surface area contributed by atoms with Crippen molar-refractivity contribution in [2.45, 2.75) is 75.6 Å². The summed E-state index contributed by atoms with van der Waals surface area (Å²) in [6, 6.07) is 10.7. The summed E-state index contributed by atoms with van der Waals surface area (Å²) in [5.74, 6) is -1.06. The molecular formula is C34H41Br2N5O7. The number of aliphatic carboxylic acids is 1. The number of anilines is 1. The number of hydrogen-bond donors (Lipinski definition) is 3. The molecule has 4 heterocycles. The minimum Gasteiger partial charge on any atom is -0.506 e. The van der Waals surface area contributed by atoms with Crippen molar-refractivity contribution in [3.05, 3.63) is 56.5 Å². The molecule has 3 fully saturated rings. The highest BCUT2D eigenvalue weighted by molar-refractivity contribution is 9.11. The molecule has 12 nitrogen and oxygen atoms in total. The van der Waals surface area contributed by atoms with Crippen molar-refractivity contribution in [1.29, 1.82) is 0 Å². The molecule has 6 rings (SSSR count). The number of aromatic hydroxyl groups is 1. The quantitative estimate of drug-likeness (QED) is 0.354. The van der Waals surface area contributed by atoms with Gasteiger partial charge in [-0.2, -0.15) is 0 Å². The predicted octanol–water partition coefficient (Wildman–Crippen LogP) is 5.06. The molecule has 258 valence electrons. The molecule has 0 aliphatic carbocycles. The van der Waals surface area contributed by atoms with Gasteiger partial charge in [0.1, 0.15) is 11.8 Å². The molecule has 3 N–H and O–H groups in total. The number of amides is 4. The molecule has 2 atom stereocenters. The molecule has 0 bridgehead atoms. The maximum Gasteiger partial charge on any atom is 0.410 e. The second-order valence-electron chi connectivity index (χ2n) is 13.0. The number of piperidine rings is 2. The Labute approximate surface area is 296 Å². The first kappa shape index (κ1) is 34.5. The Morgan fingerprint density at radius 2 is 1.54 bits per heavy atom. The summed E-state index contributed by atoms with van der Waals surface area (Å²) in [5.41, 5.74) is 2.63. The number of carbonyl (C=O) groups is 4. The van der Waals surface area contributed by atoms with Crippen molar-refractivity contribution in [3.63, 3.8) is 0 Å². The van der Waals surface area contributed by atoms with E-state index >= 15 is 0 Å². The number of halogens is 2. The molecule has 0 aromatic heterocycles. The van der Waals surface area contributed by atoms with E-state index < -0.39 is 24.2 Å². The summed E-state index contributed by atoms with van der Waals surface area (Å²) in [5, 5.41) is 22.9. The summed E-state index contributed by atoms with van der Waals surface area (Å²) in [6.45, 7) is 3.00. The SMILES string of the molecule is O=C(O)[C@@H]1CCCN1C1CCN(C(=O)[C@@H](Cc2cc(Br)c(O)c(Br)c2)OC(=O)N2CCC(N3CCc4ccccc4NC3=O)CC2)CC1. The number of fused-ring (bicyclic) bond motifs is 1. The van der Waals surface area contributed by atoms with E-state index in [-0.39, 0.29) is 36.2 Å². The molecule has 2 aromatic carbocycles. The molecule has 3 saturated heterocycles. The first-order valence-corrected chi connectivity index (χ1v) is 18.2. The molecule has 2 aromatic rings. The van der Waals surface area contributed by atoms with Crippen LogP contribution in [0.4, 0.5) is 15.3 Å². The van der Waals surface area contributed by atoms with E-state index in [9.17, 15) is 29.4 Å². The van der Waals surface area contributed by atoms with Crippen molar-refractivity contribution >= 4 is 61.5 Å². The average Bonchev–Trinajstić information content (AvgIpc) is 3.52. The number of likely N-dealkylation sites (tertiary alicyclic amines) is 3. The third kappa shape index (κ3) is 7.60. The van der Waals surface area contributed by atoms with Gasteiger partial charge in [0.05, 0.1) is 8.95 Å². The van der Waals surface area contributed by atoms with Gasteiger partial charge in [-0.3, -0.25) is 14.5 Å². The Bertz CT molecular complexity index is 1520. The van der Waals surface area contributed by atoms with Crippen LogP contribution in [0.1, 0.15) is 49.7 Å².